The number of carbonyl (C=O) groups is 1. The number of carbonyl (C=O) groups excluding carboxylic acids is 1. The number of likely N-dealkylation sites (N-methyl/N-ethyl adjacent to an activating group) is 1. The normalized spacial score (nSPS) is 10.5. The molecule has 0 radical (unpaired) electrons. The predicted octanol–water partition coefficient (Wildman–Crippen LogP) is 3.05. The average molecular weight is 364 g/mol. The maximum atomic E-state index is 12.0. The number of hydrogen-bond donors (Lipinski definition) is 2. The van der Waals surface area contributed by atoms with Gasteiger partial charge in [0.15, 0.2) is 5.11 Å². The third-order valence-electron chi connectivity index (χ3n) is 3.27. The molecule has 0 aliphatic heterocycles. The molecule has 0 bridgehead atoms. The molecule has 0 spiro atoms. The van der Waals surface area contributed by atoms with E-state index in [1.165, 1.54) is 18.4 Å². The second kappa shape index (κ2) is 8.77. The molecule has 2 N–H and O–H groups in total. The zero-order valence-corrected chi connectivity index (χ0v) is 15.6. The molecular weight excluding hydrogens is 342 g/mol. The molecule has 24 heavy (non-hydrogen) atoms. The van der Waals surface area contributed by atoms with Crippen molar-refractivity contribution in [2.75, 3.05) is 39.6 Å². The summed E-state index contributed by atoms with van der Waals surface area (Å²) in [4.78, 5) is 15.1. The lowest BCUT2D eigenvalue weighted by Gasteiger charge is -2.13. The highest BCUT2D eigenvalue weighted by atomic mass is 32.1. The second-order valence-electron chi connectivity index (χ2n) is 5.40. The van der Waals surface area contributed by atoms with Crippen molar-refractivity contribution in [1.29, 1.82) is 0 Å². The standard InChI is InChI=1S/C17H21N3O2S2/c1-20(2)10-9-18-17(23)19-15-13(16(21)22-3)11-14(24-15)12-7-5-4-6-8-12/h4-8,11H,9-10H2,1-3H3,(H2,18,19,23). The van der Waals surface area contributed by atoms with Crippen molar-refractivity contribution < 1.29 is 9.53 Å². The smallest absolute Gasteiger partial charge is 0.340 e. The summed E-state index contributed by atoms with van der Waals surface area (Å²) < 4.78 is 4.88. The Labute approximate surface area is 151 Å². The summed E-state index contributed by atoms with van der Waals surface area (Å²) in [5, 5.41) is 7.41. The van der Waals surface area contributed by atoms with Gasteiger partial charge in [-0.15, -0.1) is 11.3 Å². The van der Waals surface area contributed by atoms with Gasteiger partial charge >= 0.3 is 5.97 Å². The number of hydrogen-bond acceptors (Lipinski definition) is 5. The van der Waals surface area contributed by atoms with Gasteiger partial charge in [0.1, 0.15) is 5.00 Å². The van der Waals surface area contributed by atoms with Crippen LogP contribution in [0.5, 0.6) is 0 Å². The summed E-state index contributed by atoms with van der Waals surface area (Å²) in [6, 6.07) is 11.7. The molecule has 1 aromatic carbocycles. The quantitative estimate of drug-likeness (QED) is 0.608. The maximum Gasteiger partial charge on any atom is 0.340 e. The Hall–Kier alpha value is -1.96. The molecule has 1 heterocycles. The molecule has 2 aromatic rings. The molecule has 0 saturated carbocycles. The van der Waals surface area contributed by atoms with Crippen molar-refractivity contribution in [3.63, 3.8) is 0 Å². The molecule has 0 fully saturated rings. The largest absolute Gasteiger partial charge is 0.465 e. The molecule has 0 aliphatic carbocycles. The number of benzene rings is 1. The van der Waals surface area contributed by atoms with E-state index in [1.807, 2.05) is 50.5 Å². The van der Waals surface area contributed by atoms with Crippen molar-refractivity contribution in [2.45, 2.75) is 0 Å². The van der Waals surface area contributed by atoms with E-state index in [-0.39, 0.29) is 5.97 Å². The number of thiocarbonyl (C=S) groups is 1. The summed E-state index contributed by atoms with van der Waals surface area (Å²) in [5.41, 5.74) is 1.53. The number of esters is 1. The highest BCUT2D eigenvalue weighted by Gasteiger charge is 2.18. The lowest BCUT2D eigenvalue weighted by Crippen LogP contribution is -2.34. The summed E-state index contributed by atoms with van der Waals surface area (Å²) >= 11 is 6.78. The van der Waals surface area contributed by atoms with Crippen LogP contribution in [0.2, 0.25) is 0 Å². The van der Waals surface area contributed by atoms with Gasteiger partial charge in [0.05, 0.1) is 12.7 Å². The van der Waals surface area contributed by atoms with E-state index in [0.29, 0.717) is 15.7 Å². The molecule has 1 aromatic heterocycles. The summed E-state index contributed by atoms with van der Waals surface area (Å²) in [5.74, 6) is -0.382. The van der Waals surface area contributed by atoms with Gasteiger partial charge in [0.2, 0.25) is 0 Å². The van der Waals surface area contributed by atoms with Crippen LogP contribution >= 0.6 is 23.6 Å². The van der Waals surface area contributed by atoms with E-state index < -0.39 is 0 Å². The number of nitrogens with one attached hydrogen (secondary N) is 2. The van der Waals surface area contributed by atoms with Crippen LogP contribution in [0.25, 0.3) is 10.4 Å². The maximum absolute atomic E-state index is 12.0. The van der Waals surface area contributed by atoms with E-state index in [2.05, 4.69) is 15.5 Å². The zero-order valence-electron chi connectivity index (χ0n) is 14.0. The first-order chi connectivity index (χ1) is 11.5. The van der Waals surface area contributed by atoms with Crippen molar-refractivity contribution in [2.24, 2.45) is 0 Å². The molecule has 128 valence electrons. The summed E-state index contributed by atoms with van der Waals surface area (Å²) in [7, 11) is 5.37. The zero-order chi connectivity index (χ0) is 17.5. The fourth-order valence-corrected chi connectivity index (χ4v) is 3.36. The fraction of sp³-hybridized carbons (Fsp3) is 0.294. The molecule has 5 nitrogen and oxygen atoms in total. The minimum atomic E-state index is -0.382. The van der Waals surface area contributed by atoms with E-state index >= 15 is 0 Å². The van der Waals surface area contributed by atoms with Gasteiger partial charge in [-0.3, -0.25) is 0 Å². The van der Waals surface area contributed by atoms with Crippen LogP contribution in [0.4, 0.5) is 5.00 Å². The fourth-order valence-electron chi connectivity index (χ4n) is 2.03. The Bertz CT molecular complexity index is 699. The third-order valence-corrected chi connectivity index (χ3v) is 4.61. The molecule has 0 amide bonds. The lowest BCUT2D eigenvalue weighted by atomic mass is 10.1. The van der Waals surface area contributed by atoms with Crippen molar-refractivity contribution in [3.8, 4) is 10.4 Å². The number of ether oxygens (including phenoxy) is 1. The monoisotopic (exact) mass is 363 g/mol. The van der Waals surface area contributed by atoms with Gasteiger partial charge in [-0.1, -0.05) is 30.3 Å². The van der Waals surface area contributed by atoms with Crippen molar-refractivity contribution in [3.05, 3.63) is 42.0 Å². The van der Waals surface area contributed by atoms with Crippen molar-refractivity contribution in [1.82, 2.24) is 10.2 Å². The molecule has 0 saturated heterocycles. The minimum Gasteiger partial charge on any atom is -0.465 e. The van der Waals surface area contributed by atoms with Gasteiger partial charge in [-0.2, -0.15) is 0 Å². The minimum absolute atomic E-state index is 0.382. The first-order valence-electron chi connectivity index (χ1n) is 7.48. The Morgan fingerprint density at radius 1 is 1.29 bits per heavy atom. The van der Waals surface area contributed by atoms with E-state index in [4.69, 9.17) is 17.0 Å². The Morgan fingerprint density at radius 3 is 2.62 bits per heavy atom. The van der Waals surface area contributed by atoms with Gasteiger partial charge in [0.25, 0.3) is 0 Å². The second-order valence-corrected chi connectivity index (χ2v) is 6.86. The SMILES string of the molecule is COC(=O)c1cc(-c2ccccc2)sc1NC(=S)NCCN(C)C. The molecule has 2 rings (SSSR count). The lowest BCUT2D eigenvalue weighted by molar-refractivity contribution is 0.0602. The Kier molecular flexibility index (Phi) is 6.72. The van der Waals surface area contributed by atoms with E-state index in [1.54, 1.807) is 0 Å². The third kappa shape index (κ3) is 5.02. The number of thiophene rings is 1. The Morgan fingerprint density at radius 2 is 2.00 bits per heavy atom. The number of nitrogens with zero attached hydrogens (tertiary/aromatic N) is 1. The van der Waals surface area contributed by atoms with E-state index in [0.717, 1.165) is 23.5 Å². The molecule has 7 heteroatoms. The topological polar surface area (TPSA) is 53.6 Å². The molecule has 0 atom stereocenters. The first-order valence-corrected chi connectivity index (χ1v) is 8.71. The Balaban J connectivity index is 2.17. The highest BCUT2D eigenvalue weighted by Crippen LogP contribution is 2.35. The summed E-state index contributed by atoms with van der Waals surface area (Å²) in [6.45, 7) is 1.59. The van der Waals surface area contributed by atoms with Gasteiger partial charge in [0, 0.05) is 18.0 Å². The van der Waals surface area contributed by atoms with Crippen LogP contribution in [0.1, 0.15) is 10.4 Å². The van der Waals surface area contributed by atoms with Crippen LogP contribution in [-0.4, -0.2) is 50.3 Å². The average Bonchev–Trinajstić information content (AvgIpc) is 2.98. The van der Waals surface area contributed by atoms with Crippen molar-refractivity contribution >= 4 is 39.6 Å². The van der Waals surface area contributed by atoms with Gasteiger partial charge < -0.3 is 20.3 Å². The van der Waals surface area contributed by atoms with Crippen LogP contribution in [0.3, 0.4) is 0 Å². The van der Waals surface area contributed by atoms with Gasteiger partial charge in [-0.25, -0.2) is 4.79 Å². The van der Waals surface area contributed by atoms with Crippen LogP contribution in [0, 0.1) is 0 Å². The predicted molar refractivity (Wildman–Crippen MR) is 104 cm³/mol. The summed E-state index contributed by atoms with van der Waals surface area (Å²) in [6.07, 6.45) is 0. The van der Waals surface area contributed by atoms with Gasteiger partial charge in [-0.05, 0) is 37.9 Å². The highest BCUT2D eigenvalue weighted by molar-refractivity contribution is 7.80. The van der Waals surface area contributed by atoms with E-state index in [9.17, 15) is 4.79 Å². The van der Waals surface area contributed by atoms with Crippen LogP contribution in [-0.2, 0) is 4.74 Å². The van der Waals surface area contributed by atoms with Crippen LogP contribution in [0.15, 0.2) is 36.4 Å². The number of methoxy groups -OCH3 is 1. The molecule has 0 aliphatic rings. The number of rotatable bonds is 6. The first kappa shape index (κ1) is 18.4. The van der Waals surface area contributed by atoms with Crippen LogP contribution < -0.4 is 10.6 Å². The molecule has 0 unspecified atom stereocenters. The number of anilines is 1. The molecular formula is C17H21N3O2S2.